The molecule has 1 aliphatic heterocycles. The number of carboxylic acids is 6. The molecule has 0 aliphatic carbocycles. The van der Waals surface area contributed by atoms with Gasteiger partial charge in [-0.2, -0.15) is 0 Å². The van der Waals surface area contributed by atoms with Gasteiger partial charge in [0.05, 0.1) is 155 Å². The fourth-order valence-corrected chi connectivity index (χ4v) is 8.51. The Morgan fingerprint density at radius 1 is 0.418 bits per heavy atom. The molecule has 0 aromatic carbocycles. The van der Waals surface area contributed by atoms with Crippen molar-refractivity contribution in [1.82, 2.24) is 19.6 Å². The van der Waals surface area contributed by atoms with Crippen LogP contribution in [0, 0.1) is 105 Å². The predicted molar refractivity (Wildman–Crippen MR) is 298 cm³/mol. The number of hydrogen-bond donors (Lipinski definition) is 11. The van der Waals surface area contributed by atoms with Crippen LogP contribution in [-0.4, -0.2) is 346 Å². The minimum atomic E-state index is -1.65. The number of carbonyl (C=O) groups excluding carboxylic acids is 6. The maximum Gasteiger partial charge on any atom is 3.00 e. The van der Waals surface area contributed by atoms with Gasteiger partial charge >= 0.3 is 51.9 Å². The molecule has 1 aliphatic rings. The van der Waals surface area contributed by atoms with Crippen molar-refractivity contribution >= 4 is 48.8 Å². The smallest absolute Gasteiger partial charge is 0.548 e. The number of rotatable bonds is 51. The second kappa shape index (κ2) is 61.3. The van der Waals surface area contributed by atoms with Crippen molar-refractivity contribution in [3.63, 3.8) is 0 Å². The summed E-state index contributed by atoms with van der Waals surface area (Å²) < 4.78 is 42.7. The van der Waals surface area contributed by atoms with Crippen molar-refractivity contribution in [1.29, 1.82) is 0 Å². The van der Waals surface area contributed by atoms with Crippen LogP contribution >= 0.6 is 0 Å². The van der Waals surface area contributed by atoms with Crippen LogP contribution in [0.4, 0.5) is 0 Å². The van der Waals surface area contributed by atoms with Gasteiger partial charge in [0.25, 0.3) is 12.9 Å². The Labute approximate surface area is 594 Å². The van der Waals surface area contributed by atoms with Gasteiger partial charge in [-0.3, -0.25) is 38.8 Å². The van der Waals surface area contributed by atoms with Gasteiger partial charge < -0.3 is 142 Å². The van der Waals surface area contributed by atoms with Crippen LogP contribution in [-0.2, 0) is 76.3 Å². The van der Waals surface area contributed by atoms with Crippen molar-refractivity contribution in [2.45, 2.75) is 94.5 Å². The molecule has 1 fully saturated rings. The standard InChI is InChI=1S/C28H44N4O16.C24H51NO14.CH4.CH3.2Gd/c33-17-47-15-5-21(27(43)44)31-11-9-29(19(25(39)40)1-3-23(35)36)7-8-30(20(26(41)42)2-4-24(37)38)10-12-32(14-13-31)22(28(45)46)6-16-48-18-34;25-1-18(10-34-12-19(14-36-21(2-26)3-27)15-37-22(4-28)5-29)11-35-13-20(16-38-23(6-30)7-31)17-39-24(8-32)9-33;;;;/h17-22H,1-16H2,(H,35,36)(H,37,38)(H,39,40)(H,41,42)(H,43,44)(H,45,46);18-24,26-33H,1-17,25H2;1H4;1H3;;/q;;;-1;;+3/p-4. The molecule has 537 valence electrons. The fraction of sp³-hybridized carbons (Fsp3) is 0.833. The molecule has 37 heteroatoms. The van der Waals surface area contributed by atoms with Gasteiger partial charge in [-0.05, 0) is 19.4 Å². The van der Waals surface area contributed by atoms with Crippen LogP contribution in [0.15, 0.2) is 0 Å². The first-order chi connectivity index (χ1) is 41.7. The Morgan fingerprint density at radius 2 is 0.637 bits per heavy atom. The molecule has 0 aromatic rings. The zero-order chi connectivity index (χ0) is 65.5. The van der Waals surface area contributed by atoms with E-state index in [0.29, 0.717) is 0 Å². The molecule has 0 spiro atoms. The summed E-state index contributed by atoms with van der Waals surface area (Å²) in [6.07, 6.45) is -5.57. The third-order valence-electron chi connectivity index (χ3n) is 13.6. The first-order valence-electron chi connectivity index (χ1n) is 28.2. The Bertz CT molecular complexity index is 1710. The average Bonchev–Trinajstić information content (AvgIpc) is 2.78. The van der Waals surface area contributed by atoms with Crippen molar-refractivity contribution in [2.75, 3.05) is 178 Å². The number of ether oxygens (including phenoxy) is 8. The molecule has 0 aromatic heterocycles. The van der Waals surface area contributed by atoms with E-state index in [-0.39, 0.29) is 316 Å². The van der Waals surface area contributed by atoms with Crippen LogP contribution in [0.1, 0.15) is 46.0 Å². The van der Waals surface area contributed by atoms with Crippen LogP contribution < -0.4 is 26.2 Å². The number of aliphatic hydroxyl groups excluding tert-OH is 8. The number of nitrogens with two attached hydrogens (primary N) is 1. The maximum absolute atomic E-state index is 12.2. The van der Waals surface area contributed by atoms with E-state index >= 15 is 0 Å². The molecule has 4 unspecified atom stereocenters. The molecule has 4 atom stereocenters. The van der Waals surface area contributed by atoms with Crippen molar-refractivity contribution in [3.05, 3.63) is 7.43 Å². The Kier molecular flexibility index (Phi) is 65.5. The number of carbonyl (C=O) groups is 8. The van der Waals surface area contributed by atoms with Crippen molar-refractivity contribution in [3.8, 4) is 0 Å². The quantitative estimate of drug-likeness (QED) is 0.0153. The van der Waals surface area contributed by atoms with Gasteiger partial charge in [0.2, 0.25) is 0 Å². The summed E-state index contributed by atoms with van der Waals surface area (Å²) in [6.45, 7) is -3.66. The van der Waals surface area contributed by atoms with E-state index in [2.05, 4.69) is 9.47 Å². The SMILES string of the molecule is C.NCC(COCC(COC(CO)CO)COC(CO)CO)COCC(COC(CO)CO)COC(CO)CO.O=COCCC(C(=O)[O-])N1CCN(C(CCOC=O)C(=O)[O-])CCN(C(CCC(=O)O)C(=O)[O-])CCN(C(CCC(=O)O)C(=O)[O-])CC1.[CH3-].[Gd+3].[Gd]. The largest absolute Gasteiger partial charge is 3.00 e. The van der Waals surface area contributed by atoms with E-state index in [1.54, 1.807) is 0 Å². The van der Waals surface area contributed by atoms with Gasteiger partial charge in [-0.25, -0.2) is 0 Å². The predicted octanol–water partition coefficient (Wildman–Crippen LogP) is -11.1. The number of aliphatic carboxylic acids is 6. The summed E-state index contributed by atoms with van der Waals surface area (Å²) >= 11 is 0. The number of hydrogen-bond acceptors (Lipinski definition) is 33. The minimum Gasteiger partial charge on any atom is -0.548 e. The van der Waals surface area contributed by atoms with Crippen LogP contribution in [0.25, 0.3) is 0 Å². The number of nitrogens with zero attached hydrogens (tertiary/aromatic N) is 4. The van der Waals surface area contributed by atoms with Gasteiger partial charge in [0.1, 0.15) is 24.4 Å². The molecule has 0 saturated carbocycles. The van der Waals surface area contributed by atoms with Crippen LogP contribution in [0.2, 0.25) is 0 Å². The Hall–Kier alpha value is -2.35. The van der Waals surface area contributed by atoms with Gasteiger partial charge in [0, 0.05) is 148 Å². The zero-order valence-corrected chi connectivity index (χ0v) is 55.1. The third-order valence-corrected chi connectivity index (χ3v) is 13.6. The monoisotopic (exact) mass is 1610 g/mol. The van der Waals surface area contributed by atoms with Crippen molar-refractivity contribution in [2.24, 2.45) is 23.5 Å². The second-order valence-corrected chi connectivity index (χ2v) is 20.1. The summed E-state index contributed by atoms with van der Waals surface area (Å²) in [7, 11) is 0. The van der Waals surface area contributed by atoms with E-state index in [4.69, 9.17) is 34.2 Å². The summed E-state index contributed by atoms with van der Waals surface area (Å²) in [5, 5.41) is 141. The summed E-state index contributed by atoms with van der Waals surface area (Å²) in [5.41, 5.74) is 5.86. The van der Waals surface area contributed by atoms with E-state index in [9.17, 15) is 110 Å². The molecule has 0 bridgehead atoms. The molecule has 0 amide bonds. The molecule has 91 heavy (non-hydrogen) atoms. The minimum absolute atomic E-state index is 0. The summed E-state index contributed by atoms with van der Waals surface area (Å²) in [4.78, 5) is 97.9. The third kappa shape index (κ3) is 44.9. The normalized spacial score (nSPS) is 15.2. The van der Waals surface area contributed by atoms with E-state index < -0.39 is 110 Å². The van der Waals surface area contributed by atoms with Crippen molar-refractivity contribution < 1.29 is 228 Å². The topological polar surface area (TPSA) is 544 Å². The first-order valence-corrected chi connectivity index (χ1v) is 28.2. The maximum atomic E-state index is 12.2. The molecule has 1 heterocycles. The molecule has 1 radical (unpaired) electrons. The molecular weight excluding hydrogens is 1510 g/mol. The van der Waals surface area contributed by atoms with Gasteiger partial charge in [0.15, 0.2) is 0 Å². The van der Waals surface area contributed by atoms with Gasteiger partial charge in [-0.1, -0.05) is 7.43 Å². The van der Waals surface area contributed by atoms with E-state index in [0.717, 1.165) is 0 Å². The molecular formula is C54H98Gd2N5O30-2. The Balaban J connectivity index is -0.000000529. The zero-order valence-electron chi connectivity index (χ0n) is 50.6. The number of carboxylic acid groups (broad SMARTS) is 6. The molecule has 1 rings (SSSR count). The van der Waals surface area contributed by atoms with E-state index in [1.165, 1.54) is 19.6 Å². The molecule has 1 saturated heterocycles. The Morgan fingerprint density at radius 3 is 0.824 bits per heavy atom. The molecule has 12 N–H and O–H groups in total. The summed E-state index contributed by atoms with van der Waals surface area (Å²) in [5.74, 6) is -9.91. The second-order valence-electron chi connectivity index (χ2n) is 20.1. The molecule has 35 nitrogen and oxygen atoms in total. The van der Waals surface area contributed by atoms with Crippen LogP contribution in [0.3, 0.4) is 0 Å². The first kappa shape index (κ1) is 97.3. The fourth-order valence-electron chi connectivity index (χ4n) is 8.51. The summed E-state index contributed by atoms with van der Waals surface area (Å²) in [6, 6.07) is -5.90. The number of aliphatic hydroxyl groups is 8. The average molecular weight is 1610 g/mol. The van der Waals surface area contributed by atoms with E-state index in [1.807, 2.05) is 0 Å². The van der Waals surface area contributed by atoms with Gasteiger partial charge in [-0.15, -0.1) is 0 Å². The van der Waals surface area contributed by atoms with Crippen LogP contribution in [0.5, 0.6) is 0 Å².